The topological polar surface area (TPSA) is 67.9 Å². The molecular formula is C20H20N2O4. The maximum absolute atomic E-state index is 12.6. The molecule has 6 nitrogen and oxygen atoms in total. The Morgan fingerprint density at radius 2 is 1.54 bits per heavy atom. The standard InChI is InChI=1S/C20H20N2O4/c1-4-26-16-9-5-13(6-10-16)17-18(20(24)22(2)19(17)23)21-14-7-11-15(25-3)12-8-14/h5-12,21H,4H2,1-3H3. The van der Waals surface area contributed by atoms with E-state index in [-0.39, 0.29) is 17.5 Å². The molecule has 134 valence electrons. The average Bonchev–Trinajstić information content (AvgIpc) is 2.87. The van der Waals surface area contributed by atoms with Crippen LogP contribution in [0.3, 0.4) is 0 Å². The molecule has 0 atom stereocenters. The van der Waals surface area contributed by atoms with Gasteiger partial charge in [0.15, 0.2) is 0 Å². The van der Waals surface area contributed by atoms with Gasteiger partial charge in [-0.25, -0.2) is 0 Å². The molecule has 1 aliphatic rings. The highest BCUT2D eigenvalue weighted by Gasteiger charge is 2.36. The minimum Gasteiger partial charge on any atom is -0.497 e. The Labute approximate surface area is 152 Å². The van der Waals surface area contributed by atoms with Crippen LogP contribution in [0.15, 0.2) is 54.2 Å². The summed E-state index contributed by atoms with van der Waals surface area (Å²) in [6, 6.07) is 14.3. The molecule has 2 amide bonds. The minimum atomic E-state index is -0.366. The number of anilines is 1. The number of rotatable bonds is 6. The summed E-state index contributed by atoms with van der Waals surface area (Å²) in [5.74, 6) is 0.721. The molecule has 2 aromatic carbocycles. The number of likely N-dealkylation sites (N-methyl/N-ethyl adjacent to an activating group) is 1. The van der Waals surface area contributed by atoms with Crippen molar-refractivity contribution in [3.05, 3.63) is 59.8 Å². The lowest BCUT2D eigenvalue weighted by Gasteiger charge is -2.09. The zero-order chi connectivity index (χ0) is 18.7. The predicted octanol–water partition coefficient (Wildman–Crippen LogP) is 2.92. The van der Waals surface area contributed by atoms with Crippen molar-refractivity contribution in [3.63, 3.8) is 0 Å². The van der Waals surface area contributed by atoms with Crippen molar-refractivity contribution in [3.8, 4) is 11.5 Å². The van der Waals surface area contributed by atoms with Crippen LogP contribution in [0.1, 0.15) is 12.5 Å². The van der Waals surface area contributed by atoms with Crippen molar-refractivity contribution in [1.82, 2.24) is 4.90 Å². The summed E-state index contributed by atoms with van der Waals surface area (Å²) in [7, 11) is 3.06. The second kappa shape index (κ2) is 7.31. The molecule has 1 N–H and O–H groups in total. The quantitative estimate of drug-likeness (QED) is 0.810. The number of imide groups is 1. The van der Waals surface area contributed by atoms with Gasteiger partial charge in [-0.15, -0.1) is 0 Å². The molecule has 0 saturated carbocycles. The molecule has 1 aliphatic heterocycles. The zero-order valence-electron chi connectivity index (χ0n) is 14.9. The molecule has 26 heavy (non-hydrogen) atoms. The van der Waals surface area contributed by atoms with Crippen LogP contribution in [0, 0.1) is 0 Å². The first-order valence-electron chi connectivity index (χ1n) is 8.26. The van der Waals surface area contributed by atoms with Gasteiger partial charge >= 0.3 is 0 Å². The van der Waals surface area contributed by atoms with Gasteiger partial charge in [0.1, 0.15) is 17.2 Å². The minimum absolute atomic E-state index is 0.256. The molecular weight excluding hydrogens is 332 g/mol. The van der Waals surface area contributed by atoms with E-state index in [1.807, 2.05) is 6.92 Å². The molecule has 0 bridgehead atoms. The van der Waals surface area contributed by atoms with Crippen molar-refractivity contribution in [1.29, 1.82) is 0 Å². The molecule has 2 aromatic rings. The molecule has 6 heteroatoms. The molecule has 0 fully saturated rings. The van der Waals surface area contributed by atoms with Crippen LogP contribution >= 0.6 is 0 Å². The number of ether oxygens (including phenoxy) is 2. The number of nitrogens with one attached hydrogen (secondary N) is 1. The number of nitrogens with zero attached hydrogens (tertiary/aromatic N) is 1. The predicted molar refractivity (Wildman–Crippen MR) is 98.9 cm³/mol. The molecule has 0 saturated heterocycles. The number of carbonyl (C=O) groups is 2. The number of carbonyl (C=O) groups excluding carboxylic acids is 2. The Bertz CT molecular complexity index is 854. The van der Waals surface area contributed by atoms with Crippen LogP contribution in [0.2, 0.25) is 0 Å². The van der Waals surface area contributed by atoms with Crippen LogP contribution in [0.4, 0.5) is 5.69 Å². The fourth-order valence-electron chi connectivity index (χ4n) is 2.73. The molecule has 0 aromatic heterocycles. The first kappa shape index (κ1) is 17.5. The second-order valence-electron chi connectivity index (χ2n) is 5.73. The summed E-state index contributed by atoms with van der Waals surface area (Å²) in [6.07, 6.45) is 0. The first-order chi connectivity index (χ1) is 12.5. The molecule has 0 spiro atoms. The fourth-order valence-corrected chi connectivity index (χ4v) is 2.73. The summed E-state index contributed by atoms with van der Waals surface area (Å²) in [5, 5.41) is 3.07. The van der Waals surface area contributed by atoms with Crippen molar-refractivity contribution in [2.24, 2.45) is 0 Å². The largest absolute Gasteiger partial charge is 0.497 e. The Balaban J connectivity index is 1.98. The van der Waals surface area contributed by atoms with Crippen LogP contribution in [-0.4, -0.2) is 37.5 Å². The monoisotopic (exact) mass is 352 g/mol. The molecule has 0 aliphatic carbocycles. The third kappa shape index (κ3) is 3.26. The molecule has 1 heterocycles. The highest BCUT2D eigenvalue weighted by molar-refractivity contribution is 6.36. The van der Waals surface area contributed by atoms with Crippen molar-refractivity contribution < 1.29 is 19.1 Å². The summed E-state index contributed by atoms with van der Waals surface area (Å²) < 4.78 is 10.6. The van der Waals surface area contributed by atoms with Gasteiger partial charge in [-0.2, -0.15) is 0 Å². The van der Waals surface area contributed by atoms with E-state index in [9.17, 15) is 9.59 Å². The number of methoxy groups -OCH3 is 1. The summed E-state index contributed by atoms with van der Waals surface area (Å²) in [6.45, 7) is 2.47. The van der Waals surface area contributed by atoms with Gasteiger partial charge in [0.2, 0.25) is 0 Å². The van der Waals surface area contributed by atoms with Gasteiger partial charge in [-0.05, 0) is 48.9 Å². The van der Waals surface area contributed by atoms with E-state index >= 15 is 0 Å². The average molecular weight is 352 g/mol. The van der Waals surface area contributed by atoms with Gasteiger partial charge in [0, 0.05) is 12.7 Å². The van der Waals surface area contributed by atoms with Gasteiger partial charge in [-0.3, -0.25) is 14.5 Å². The maximum atomic E-state index is 12.6. The molecule has 3 rings (SSSR count). The third-order valence-electron chi connectivity index (χ3n) is 4.10. The van der Waals surface area contributed by atoms with E-state index in [4.69, 9.17) is 9.47 Å². The third-order valence-corrected chi connectivity index (χ3v) is 4.10. The van der Waals surface area contributed by atoms with E-state index in [2.05, 4.69) is 5.32 Å². The van der Waals surface area contributed by atoms with E-state index in [1.54, 1.807) is 55.6 Å². The highest BCUT2D eigenvalue weighted by Crippen LogP contribution is 2.31. The van der Waals surface area contributed by atoms with Gasteiger partial charge in [0.25, 0.3) is 11.8 Å². The first-order valence-corrected chi connectivity index (χ1v) is 8.26. The van der Waals surface area contributed by atoms with E-state index in [0.29, 0.717) is 34.9 Å². The van der Waals surface area contributed by atoms with Crippen molar-refractivity contribution in [2.45, 2.75) is 6.92 Å². The maximum Gasteiger partial charge on any atom is 0.277 e. The van der Waals surface area contributed by atoms with Crippen LogP contribution in [0.25, 0.3) is 5.57 Å². The van der Waals surface area contributed by atoms with Crippen LogP contribution in [-0.2, 0) is 9.59 Å². The number of hydrogen-bond acceptors (Lipinski definition) is 5. The van der Waals surface area contributed by atoms with Crippen molar-refractivity contribution in [2.75, 3.05) is 26.1 Å². The molecule has 0 unspecified atom stereocenters. The Kier molecular flexibility index (Phi) is 4.93. The van der Waals surface area contributed by atoms with Gasteiger partial charge in [0.05, 0.1) is 19.3 Å². The second-order valence-corrected chi connectivity index (χ2v) is 5.73. The number of amides is 2. The van der Waals surface area contributed by atoms with E-state index in [0.717, 1.165) is 4.90 Å². The number of hydrogen-bond donors (Lipinski definition) is 1. The fraction of sp³-hybridized carbons (Fsp3) is 0.200. The smallest absolute Gasteiger partial charge is 0.277 e. The van der Waals surface area contributed by atoms with Gasteiger partial charge < -0.3 is 14.8 Å². The lowest BCUT2D eigenvalue weighted by molar-refractivity contribution is -0.135. The zero-order valence-corrected chi connectivity index (χ0v) is 14.9. The SMILES string of the molecule is CCOc1ccc(C2=C(Nc3ccc(OC)cc3)C(=O)N(C)C2=O)cc1. The van der Waals surface area contributed by atoms with E-state index < -0.39 is 0 Å². The summed E-state index contributed by atoms with van der Waals surface area (Å²) >= 11 is 0. The Hall–Kier alpha value is -3.28. The van der Waals surface area contributed by atoms with E-state index in [1.165, 1.54) is 7.05 Å². The van der Waals surface area contributed by atoms with Crippen molar-refractivity contribution >= 4 is 23.1 Å². The summed E-state index contributed by atoms with van der Waals surface area (Å²) in [5.41, 5.74) is 1.95. The van der Waals surface area contributed by atoms with Crippen LogP contribution < -0.4 is 14.8 Å². The normalized spacial score (nSPS) is 14.0. The molecule has 0 radical (unpaired) electrons. The Morgan fingerprint density at radius 1 is 0.923 bits per heavy atom. The Morgan fingerprint density at radius 3 is 2.12 bits per heavy atom. The van der Waals surface area contributed by atoms with Crippen LogP contribution in [0.5, 0.6) is 11.5 Å². The highest BCUT2D eigenvalue weighted by atomic mass is 16.5. The van der Waals surface area contributed by atoms with Gasteiger partial charge in [-0.1, -0.05) is 12.1 Å². The number of benzene rings is 2. The summed E-state index contributed by atoms with van der Waals surface area (Å²) in [4.78, 5) is 26.2. The lowest BCUT2D eigenvalue weighted by Crippen LogP contribution is -2.27. The lowest BCUT2D eigenvalue weighted by atomic mass is 10.0.